The van der Waals surface area contributed by atoms with E-state index in [0.29, 0.717) is 43.1 Å². The second-order valence-corrected chi connectivity index (χ2v) is 8.97. The van der Waals surface area contributed by atoms with Crippen molar-refractivity contribution < 1.29 is 14.3 Å². The third kappa shape index (κ3) is 6.88. The third-order valence-corrected chi connectivity index (χ3v) is 6.48. The van der Waals surface area contributed by atoms with Crippen molar-refractivity contribution in [2.24, 2.45) is 0 Å². The predicted molar refractivity (Wildman–Crippen MR) is 149 cm³/mol. The van der Waals surface area contributed by atoms with E-state index in [0.717, 1.165) is 12.0 Å². The van der Waals surface area contributed by atoms with Crippen molar-refractivity contribution in [3.05, 3.63) is 112 Å². The van der Waals surface area contributed by atoms with Gasteiger partial charge in [0.2, 0.25) is 5.91 Å². The molecule has 0 fully saturated rings. The first-order valence-electron chi connectivity index (χ1n) is 12.8. The summed E-state index contributed by atoms with van der Waals surface area (Å²) in [4.78, 5) is 24.9. The van der Waals surface area contributed by atoms with Crippen molar-refractivity contribution >= 4 is 5.91 Å². The van der Waals surface area contributed by atoms with Gasteiger partial charge in [0, 0.05) is 37.1 Å². The van der Waals surface area contributed by atoms with Crippen LogP contribution in [0.4, 0.5) is 0 Å². The molecule has 7 nitrogen and oxygen atoms in total. The van der Waals surface area contributed by atoms with Gasteiger partial charge in [0.05, 0.1) is 19.9 Å². The third-order valence-electron chi connectivity index (χ3n) is 6.48. The molecule has 4 rings (SSSR count). The second-order valence-electron chi connectivity index (χ2n) is 8.97. The van der Waals surface area contributed by atoms with Crippen molar-refractivity contribution in [1.29, 1.82) is 0 Å². The molecule has 0 bridgehead atoms. The summed E-state index contributed by atoms with van der Waals surface area (Å²) in [7, 11) is 3.15. The van der Waals surface area contributed by atoms with Gasteiger partial charge in [0.25, 0.3) is 5.56 Å². The van der Waals surface area contributed by atoms with Gasteiger partial charge >= 0.3 is 0 Å². The highest BCUT2D eigenvalue weighted by molar-refractivity contribution is 5.75. The van der Waals surface area contributed by atoms with Crippen LogP contribution in [0, 0.1) is 0 Å². The summed E-state index contributed by atoms with van der Waals surface area (Å²) < 4.78 is 12.1. The zero-order chi connectivity index (χ0) is 26.7. The topological polar surface area (TPSA) is 82.5 Å². The molecule has 38 heavy (non-hydrogen) atoms. The lowest BCUT2D eigenvalue weighted by molar-refractivity contribution is -0.121. The summed E-state index contributed by atoms with van der Waals surface area (Å²) >= 11 is 0. The largest absolute Gasteiger partial charge is 0.493 e. The molecule has 0 spiro atoms. The van der Waals surface area contributed by atoms with Crippen LogP contribution in [0.25, 0.3) is 11.3 Å². The Morgan fingerprint density at radius 2 is 1.53 bits per heavy atom. The summed E-state index contributed by atoms with van der Waals surface area (Å²) in [5.41, 5.74) is 3.70. The molecule has 0 atom stereocenters. The highest BCUT2D eigenvalue weighted by Gasteiger charge is 2.14. The zero-order valence-electron chi connectivity index (χ0n) is 21.8. The van der Waals surface area contributed by atoms with Crippen molar-refractivity contribution in [3.8, 4) is 22.8 Å². The van der Waals surface area contributed by atoms with Crippen LogP contribution in [0.3, 0.4) is 0 Å². The van der Waals surface area contributed by atoms with Crippen LogP contribution >= 0.6 is 0 Å². The average Bonchev–Trinajstić information content (AvgIpc) is 2.97. The highest BCUT2D eigenvalue weighted by Crippen LogP contribution is 2.31. The quantitative estimate of drug-likeness (QED) is 0.288. The average molecular weight is 512 g/mol. The highest BCUT2D eigenvalue weighted by atomic mass is 16.5. The number of ether oxygens (including phenoxy) is 2. The van der Waals surface area contributed by atoms with E-state index in [-0.39, 0.29) is 17.4 Å². The molecule has 1 aromatic heterocycles. The van der Waals surface area contributed by atoms with Crippen LogP contribution in [-0.4, -0.2) is 36.5 Å². The summed E-state index contributed by atoms with van der Waals surface area (Å²) in [5, 5.41) is 7.54. The van der Waals surface area contributed by atoms with Gasteiger partial charge in [-0.1, -0.05) is 60.7 Å². The predicted octanol–water partition coefficient (Wildman–Crippen LogP) is 5.05. The van der Waals surface area contributed by atoms with Crippen molar-refractivity contribution in [3.63, 3.8) is 0 Å². The Morgan fingerprint density at radius 1 is 0.868 bits per heavy atom. The Hall–Kier alpha value is -4.39. The van der Waals surface area contributed by atoms with E-state index in [4.69, 9.17) is 9.47 Å². The molecule has 0 aliphatic rings. The molecule has 1 N–H and O–H groups in total. The molecule has 0 aliphatic heterocycles. The number of benzene rings is 3. The van der Waals surface area contributed by atoms with Crippen molar-refractivity contribution in [2.45, 2.75) is 31.7 Å². The SMILES string of the molecule is COc1ccc(-c2ccc(=O)n(CCCC(=O)NCCC(c3ccccc3)c3ccccc3)n2)cc1OC. The molecule has 0 unspecified atom stereocenters. The Morgan fingerprint density at radius 3 is 2.16 bits per heavy atom. The number of aromatic nitrogens is 2. The first-order chi connectivity index (χ1) is 18.6. The van der Waals surface area contributed by atoms with E-state index in [2.05, 4.69) is 34.7 Å². The molecular formula is C31H33N3O4. The van der Waals surface area contributed by atoms with E-state index in [1.165, 1.54) is 21.9 Å². The maximum absolute atomic E-state index is 12.5. The molecule has 4 aromatic rings. The number of amides is 1. The van der Waals surface area contributed by atoms with E-state index in [1.807, 2.05) is 48.5 Å². The Labute approximate surface area is 223 Å². The van der Waals surface area contributed by atoms with E-state index in [1.54, 1.807) is 26.4 Å². The molecule has 0 saturated heterocycles. The molecule has 1 amide bonds. The standard InChI is InChI=1S/C31H33N3O4/c1-37-28-17-15-25(22-29(28)38-2)27-16-18-31(36)34(33-27)21-9-14-30(35)32-20-19-26(23-10-5-3-6-11-23)24-12-7-4-8-13-24/h3-8,10-13,15-18,22,26H,9,14,19-21H2,1-2H3,(H,32,35). The summed E-state index contributed by atoms with van der Waals surface area (Å²) in [6, 6.07) is 29.4. The van der Waals surface area contributed by atoms with E-state index < -0.39 is 0 Å². The van der Waals surface area contributed by atoms with Crippen LogP contribution in [0.2, 0.25) is 0 Å². The van der Waals surface area contributed by atoms with Gasteiger partial charge in [-0.25, -0.2) is 4.68 Å². The first-order valence-corrected chi connectivity index (χ1v) is 12.8. The Kier molecular flexibility index (Phi) is 9.29. The number of hydrogen-bond donors (Lipinski definition) is 1. The lowest BCUT2D eigenvalue weighted by Gasteiger charge is -2.18. The van der Waals surface area contributed by atoms with Crippen molar-refractivity contribution in [1.82, 2.24) is 15.1 Å². The van der Waals surface area contributed by atoms with Gasteiger partial charge in [-0.15, -0.1) is 0 Å². The number of nitrogens with zero attached hydrogens (tertiary/aromatic N) is 2. The molecule has 3 aromatic carbocycles. The lowest BCUT2D eigenvalue weighted by atomic mass is 9.88. The molecule has 0 radical (unpaired) electrons. The summed E-state index contributed by atoms with van der Waals surface area (Å²) in [6.07, 6.45) is 1.62. The van der Waals surface area contributed by atoms with E-state index >= 15 is 0 Å². The van der Waals surface area contributed by atoms with Gasteiger partial charge in [0.15, 0.2) is 11.5 Å². The number of methoxy groups -OCH3 is 2. The van der Waals surface area contributed by atoms with Crippen LogP contribution in [0.1, 0.15) is 36.3 Å². The number of rotatable bonds is 12. The number of aryl methyl sites for hydroxylation is 1. The molecule has 196 valence electrons. The first kappa shape index (κ1) is 26.7. The number of nitrogens with one attached hydrogen (secondary N) is 1. The number of carbonyl (C=O) groups excluding carboxylic acids is 1. The van der Waals surface area contributed by atoms with Gasteiger partial charge < -0.3 is 14.8 Å². The maximum atomic E-state index is 12.5. The normalized spacial score (nSPS) is 10.8. The fourth-order valence-corrected chi connectivity index (χ4v) is 4.49. The van der Waals surface area contributed by atoms with Crippen LogP contribution in [-0.2, 0) is 11.3 Å². The van der Waals surface area contributed by atoms with Crippen LogP contribution in [0.5, 0.6) is 11.5 Å². The lowest BCUT2D eigenvalue weighted by Crippen LogP contribution is -2.27. The van der Waals surface area contributed by atoms with Gasteiger partial charge in [-0.05, 0) is 48.2 Å². The van der Waals surface area contributed by atoms with Gasteiger partial charge in [-0.2, -0.15) is 5.10 Å². The minimum absolute atomic E-state index is 0.0334. The van der Waals surface area contributed by atoms with Crippen LogP contribution < -0.4 is 20.3 Å². The maximum Gasteiger partial charge on any atom is 0.266 e. The summed E-state index contributed by atoms with van der Waals surface area (Å²) in [5.74, 6) is 1.38. The Bertz CT molecular complexity index is 1350. The summed E-state index contributed by atoms with van der Waals surface area (Å²) in [6.45, 7) is 0.921. The van der Waals surface area contributed by atoms with E-state index in [9.17, 15) is 9.59 Å². The minimum atomic E-state index is -0.205. The molecular weight excluding hydrogens is 478 g/mol. The fraction of sp³-hybridized carbons (Fsp3) is 0.258. The van der Waals surface area contributed by atoms with Gasteiger partial charge in [0.1, 0.15) is 0 Å². The second kappa shape index (κ2) is 13.2. The smallest absolute Gasteiger partial charge is 0.266 e. The van der Waals surface area contributed by atoms with Crippen molar-refractivity contribution in [2.75, 3.05) is 20.8 Å². The zero-order valence-corrected chi connectivity index (χ0v) is 21.8. The van der Waals surface area contributed by atoms with Gasteiger partial charge in [-0.3, -0.25) is 9.59 Å². The number of hydrogen-bond acceptors (Lipinski definition) is 5. The molecule has 7 heteroatoms. The van der Waals surface area contributed by atoms with Crippen LogP contribution in [0.15, 0.2) is 95.8 Å². The monoisotopic (exact) mass is 511 g/mol. The molecule has 0 aliphatic carbocycles. The molecule has 0 saturated carbocycles. The minimum Gasteiger partial charge on any atom is -0.493 e. The molecule has 1 heterocycles. The fourth-order valence-electron chi connectivity index (χ4n) is 4.49. The number of carbonyl (C=O) groups is 1. The Balaban J connectivity index is 1.31.